The van der Waals surface area contributed by atoms with Gasteiger partial charge in [0, 0.05) is 28.5 Å². The number of anilines is 1. The largest absolute Gasteiger partial charge is 0.524 e. The van der Waals surface area contributed by atoms with E-state index in [0.717, 1.165) is 60.2 Å². The number of phosphoric acid groups is 1. The van der Waals surface area contributed by atoms with Gasteiger partial charge in [0.1, 0.15) is 12.9 Å². The molecule has 0 aliphatic heterocycles. The zero-order valence-electron chi connectivity index (χ0n) is 24.8. The van der Waals surface area contributed by atoms with Crippen molar-refractivity contribution in [1.82, 2.24) is 4.98 Å². The Morgan fingerprint density at radius 2 is 2.05 bits per heavy atom. The Labute approximate surface area is 246 Å². The van der Waals surface area contributed by atoms with Gasteiger partial charge in [-0.25, -0.2) is 9.55 Å². The maximum atomic E-state index is 12.9. The molecule has 9 nitrogen and oxygen atoms in total. The number of nitrogens with zero attached hydrogens (tertiary/aromatic N) is 2. The highest BCUT2D eigenvalue weighted by Gasteiger charge is 2.57. The number of carbonyl (C=O) groups excluding carboxylic acids is 1. The van der Waals surface area contributed by atoms with E-state index in [1.165, 1.54) is 16.9 Å². The molecule has 3 aliphatic rings. The van der Waals surface area contributed by atoms with Crippen LogP contribution in [0.1, 0.15) is 93.7 Å². The standard InChI is InChI=1S/C30H42N3O6PS/c1-17-16-31-28(41-17)32-26(34)10-8-19-14-25(33-38-6)30(5)12-11-20-21(27(19)30)9-7-18-13-24(39-40(35,36)37)23(15-22(18)20)29(2,3)4/h13,15-16,19-21,27H,7-12,14H2,1-6H3,(H,31,32,34)(H2,35,36,37)/b33-25+/t19-,20?,21?,27?,30-/m1/s1. The minimum Gasteiger partial charge on any atom is -0.404 e. The maximum Gasteiger partial charge on any atom is 0.524 e. The summed E-state index contributed by atoms with van der Waals surface area (Å²) in [5.74, 6) is 1.69. The number of benzene rings is 1. The van der Waals surface area contributed by atoms with Gasteiger partial charge in [-0.1, -0.05) is 38.9 Å². The molecule has 2 fully saturated rings. The Morgan fingerprint density at radius 1 is 1.29 bits per heavy atom. The predicted molar refractivity (Wildman–Crippen MR) is 160 cm³/mol. The van der Waals surface area contributed by atoms with Gasteiger partial charge in [0.15, 0.2) is 5.13 Å². The molecule has 224 valence electrons. The average molecular weight is 604 g/mol. The van der Waals surface area contributed by atoms with Gasteiger partial charge in [0.25, 0.3) is 0 Å². The molecule has 1 heterocycles. The summed E-state index contributed by atoms with van der Waals surface area (Å²) in [5, 5.41) is 8.12. The molecule has 11 heteroatoms. The molecule has 1 amide bonds. The van der Waals surface area contributed by atoms with Crippen LogP contribution in [0.4, 0.5) is 5.13 Å². The van der Waals surface area contributed by atoms with Crippen molar-refractivity contribution in [2.75, 3.05) is 12.4 Å². The van der Waals surface area contributed by atoms with Gasteiger partial charge < -0.3 is 14.7 Å². The van der Waals surface area contributed by atoms with Gasteiger partial charge in [-0.05, 0) is 91.7 Å². The molecule has 41 heavy (non-hydrogen) atoms. The average Bonchev–Trinajstić information content (AvgIpc) is 3.40. The molecule has 0 spiro atoms. The predicted octanol–water partition coefficient (Wildman–Crippen LogP) is 6.72. The van der Waals surface area contributed by atoms with E-state index in [0.29, 0.717) is 35.2 Å². The lowest BCUT2D eigenvalue weighted by Gasteiger charge is -2.50. The number of nitrogens with one attached hydrogen (secondary N) is 1. The first-order chi connectivity index (χ1) is 19.2. The van der Waals surface area contributed by atoms with Crippen LogP contribution in [0.5, 0.6) is 5.75 Å². The second-order valence-electron chi connectivity index (χ2n) is 13.2. The number of carbonyl (C=O) groups is 1. The van der Waals surface area contributed by atoms with E-state index >= 15 is 0 Å². The van der Waals surface area contributed by atoms with Crippen LogP contribution in [0, 0.1) is 30.1 Å². The van der Waals surface area contributed by atoms with E-state index in [2.05, 4.69) is 28.4 Å². The van der Waals surface area contributed by atoms with Crippen LogP contribution >= 0.6 is 19.2 Å². The van der Waals surface area contributed by atoms with Gasteiger partial charge >= 0.3 is 7.82 Å². The fourth-order valence-electron chi connectivity index (χ4n) is 7.90. The zero-order valence-corrected chi connectivity index (χ0v) is 26.5. The van der Waals surface area contributed by atoms with Crippen LogP contribution in [0.2, 0.25) is 0 Å². The zero-order chi connectivity index (χ0) is 29.7. The number of oxime groups is 1. The quantitative estimate of drug-likeness (QED) is 0.236. The fraction of sp³-hybridized carbons (Fsp3) is 0.633. The van der Waals surface area contributed by atoms with Crippen molar-refractivity contribution in [2.24, 2.45) is 28.3 Å². The van der Waals surface area contributed by atoms with E-state index in [9.17, 15) is 19.1 Å². The Balaban J connectivity index is 1.44. The Morgan fingerprint density at radius 3 is 2.68 bits per heavy atom. The van der Waals surface area contributed by atoms with Crippen LogP contribution < -0.4 is 9.84 Å². The second-order valence-corrected chi connectivity index (χ2v) is 15.6. The van der Waals surface area contributed by atoms with E-state index in [-0.39, 0.29) is 22.5 Å². The number of hydrogen-bond acceptors (Lipinski definition) is 7. The number of rotatable bonds is 7. The van der Waals surface area contributed by atoms with E-state index in [1.54, 1.807) is 13.3 Å². The summed E-state index contributed by atoms with van der Waals surface area (Å²) in [6.07, 6.45) is 7.59. The summed E-state index contributed by atoms with van der Waals surface area (Å²) in [6.45, 7) is 10.4. The molecule has 5 rings (SSSR count). The number of amides is 1. The Kier molecular flexibility index (Phi) is 8.18. The fourth-order valence-corrected chi connectivity index (χ4v) is 8.99. The molecule has 3 aliphatic carbocycles. The topological polar surface area (TPSA) is 130 Å². The van der Waals surface area contributed by atoms with Crippen LogP contribution in [0.15, 0.2) is 23.5 Å². The van der Waals surface area contributed by atoms with Crippen molar-refractivity contribution >= 4 is 35.9 Å². The van der Waals surface area contributed by atoms with Crippen LogP contribution in [0.25, 0.3) is 0 Å². The van der Waals surface area contributed by atoms with Gasteiger partial charge in [-0.15, -0.1) is 11.3 Å². The minimum absolute atomic E-state index is 0.00747. The van der Waals surface area contributed by atoms with Crippen molar-refractivity contribution in [2.45, 2.75) is 90.9 Å². The number of fused-ring (bicyclic) bond motifs is 5. The highest BCUT2D eigenvalue weighted by Crippen LogP contribution is 2.63. The lowest BCUT2D eigenvalue weighted by molar-refractivity contribution is -0.116. The first-order valence-electron chi connectivity index (χ1n) is 14.4. The normalized spacial score (nSPS) is 28.5. The number of thiazole rings is 1. The minimum atomic E-state index is -4.69. The van der Waals surface area contributed by atoms with Crippen LogP contribution in [-0.4, -0.2) is 33.5 Å². The molecule has 0 bridgehead atoms. The highest BCUT2D eigenvalue weighted by molar-refractivity contribution is 7.46. The molecule has 2 saturated carbocycles. The third-order valence-electron chi connectivity index (χ3n) is 9.54. The summed E-state index contributed by atoms with van der Waals surface area (Å²) in [5.41, 5.74) is 3.87. The first-order valence-corrected chi connectivity index (χ1v) is 16.8. The smallest absolute Gasteiger partial charge is 0.404 e. The van der Waals surface area contributed by atoms with Crippen molar-refractivity contribution in [3.05, 3.63) is 39.9 Å². The van der Waals surface area contributed by atoms with Gasteiger partial charge in [0.2, 0.25) is 5.91 Å². The number of aryl methyl sites for hydroxylation is 2. The van der Waals surface area contributed by atoms with Crippen LogP contribution in [-0.2, 0) is 26.0 Å². The Hall–Kier alpha value is -2.26. The maximum absolute atomic E-state index is 12.9. The molecule has 1 aromatic heterocycles. The van der Waals surface area contributed by atoms with Crippen molar-refractivity contribution in [3.63, 3.8) is 0 Å². The molecule has 0 radical (unpaired) electrons. The molecule has 1 aromatic carbocycles. The third-order valence-corrected chi connectivity index (χ3v) is 10.8. The number of phosphoric ester groups is 1. The number of aromatic nitrogens is 1. The molecule has 3 N–H and O–H groups in total. The summed E-state index contributed by atoms with van der Waals surface area (Å²) < 4.78 is 17.0. The van der Waals surface area contributed by atoms with Gasteiger partial charge in [-0.3, -0.25) is 14.6 Å². The Bertz CT molecular complexity index is 1390. The van der Waals surface area contributed by atoms with Crippen molar-refractivity contribution in [1.29, 1.82) is 0 Å². The summed E-state index contributed by atoms with van der Waals surface area (Å²) >= 11 is 1.48. The molecule has 5 atom stereocenters. The summed E-state index contributed by atoms with van der Waals surface area (Å²) in [6, 6.07) is 4.02. The van der Waals surface area contributed by atoms with Crippen molar-refractivity contribution < 1.29 is 28.5 Å². The van der Waals surface area contributed by atoms with Crippen molar-refractivity contribution in [3.8, 4) is 5.75 Å². The lowest BCUT2D eigenvalue weighted by atomic mass is 9.53. The monoisotopic (exact) mass is 603 g/mol. The molecule has 0 saturated heterocycles. The van der Waals surface area contributed by atoms with Crippen LogP contribution in [0.3, 0.4) is 0 Å². The SMILES string of the molecule is CO/N=C1\C[C@@H](CCC(=O)Nc2ncc(C)s2)C2C3CCc4cc(OP(=O)(O)O)c(C(C)(C)C)cc4C3CC[C@]12C. The molecule has 2 aromatic rings. The molecule has 3 unspecified atom stereocenters. The molecular weight excluding hydrogens is 561 g/mol. The first kappa shape index (κ1) is 30.2. The third kappa shape index (κ3) is 6.12. The summed E-state index contributed by atoms with van der Waals surface area (Å²) in [4.78, 5) is 42.7. The molecular formula is C30H42N3O6PS. The highest BCUT2D eigenvalue weighted by atomic mass is 32.1. The number of hydrogen-bond donors (Lipinski definition) is 3. The van der Waals surface area contributed by atoms with E-state index in [4.69, 9.17) is 9.36 Å². The second kappa shape index (κ2) is 11.1. The lowest BCUT2D eigenvalue weighted by Crippen LogP contribution is -2.44. The van der Waals surface area contributed by atoms with Gasteiger partial charge in [0.05, 0.1) is 5.71 Å². The van der Waals surface area contributed by atoms with E-state index in [1.807, 2.05) is 33.8 Å². The summed E-state index contributed by atoms with van der Waals surface area (Å²) in [7, 11) is -3.09. The van der Waals surface area contributed by atoms with Gasteiger partial charge in [-0.2, -0.15) is 0 Å². The van der Waals surface area contributed by atoms with E-state index < -0.39 is 7.82 Å².